The Balaban J connectivity index is 3.24. The van der Waals surface area contributed by atoms with Crippen LogP contribution in [0.2, 0.25) is 0 Å². The molecular formula is C14H24N4O2. The quantitative estimate of drug-likeness (QED) is 0.614. The average molecular weight is 280 g/mol. The van der Waals surface area contributed by atoms with E-state index in [9.17, 15) is 10.1 Å². The van der Waals surface area contributed by atoms with Gasteiger partial charge in [0.1, 0.15) is 11.4 Å². The van der Waals surface area contributed by atoms with Crippen molar-refractivity contribution in [2.45, 2.75) is 19.9 Å². The molecular weight excluding hydrogens is 256 g/mol. The van der Waals surface area contributed by atoms with Crippen molar-refractivity contribution in [3.63, 3.8) is 0 Å². The Labute approximate surface area is 120 Å². The Morgan fingerprint density at radius 3 is 2.50 bits per heavy atom. The number of nitrogens with one attached hydrogen (secondary N) is 1. The molecule has 0 spiro atoms. The summed E-state index contributed by atoms with van der Waals surface area (Å²) in [6, 6.07) is 5.58. The van der Waals surface area contributed by atoms with E-state index < -0.39 is 0 Å². The van der Waals surface area contributed by atoms with E-state index in [0.717, 1.165) is 13.1 Å². The second kappa shape index (κ2) is 7.09. The molecule has 0 amide bonds. The second-order valence-corrected chi connectivity index (χ2v) is 5.08. The van der Waals surface area contributed by atoms with Crippen LogP contribution in [0, 0.1) is 10.1 Å². The predicted octanol–water partition coefficient (Wildman–Crippen LogP) is 2.41. The third kappa shape index (κ3) is 3.60. The minimum absolute atomic E-state index is 0.141. The number of nitrogens with zero attached hydrogens (tertiary/aromatic N) is 3. The van der Waals surface area contributed by atoms with Crippen molar-refractivity contribution in [3.05, 3.63) is 28.3 Å². The molecule has 20 heavy (non-hydrogen) atoms. The third-order valence-corrected chi connectivity index (χ3v) is 3.28. The summed E-state index contributed by atoms with van der Waals surface area (Å²) in [5, 5.41) is 14.3. The smallest absolute Gasteiger partial charge is 0.315 e. The zero-order valence-electron chi connectivity index (χ0n) is 12.9. The van der Waals surface area contributed by atoms with E-state index in [4.69, 9.17) is 0 Å². The van der Waals surface area contributed by atoms with Gasteiger partial charge in [0.25, 0.3) is 0 Å². The highest BCUT2D eigenvalue weighted by atomic mass is 16.6. The van der Waals surface area contributed by atoms with Crippen molar-refractivity contribution in [2.24, 2.45) is 0 Å². The van der Waals surface area contributed by atoms with Crippen LogP contribution in [0.1, 0.15) is 13.8 Å². The van der Waals surface area contributed by atoms with Gasteiger partial charge in [-0.1, -0.05) is 6.07 Å². The molecule has 0 radical (unpaired) electrons. The van der Waals surface area contributed by atoms with Crippen molar-refractivity contribution in [2.75, 3.05) is 44.4 Å². The maximum Gasteiger partial charge on any atom is 0.315 e. The summed E-state index contributed by atoms with van der Waals surface area (Å²) in [5.41, 5.74) is 1.35. The normalized spacial score (nSPS) is 12.3. The predicted molar refractivity (Wildman–Crippen MR) is 83.7 cm³/mol. The molecule has 1 atom stereocenters. The lowest BCUT2D eigenvalue weighted by Crippen LogP contribution is -2.40. The van der Waals surface area contributed by atoms with Gasteiger partial charge in [-0.2, -0.15) is 0 Å². The number of likely N-dealkylation sites (N-methyl/N-ethyl adjacent to an activating group) is 2. The summed E-state index contributed by atoms with van der Waals surface area (Å²) < 4.78 is 0. The number of hydrogen-bond donors (Lipinski definition) is 1. The van der Waals surface area contributed by atoms with Crippen molar-refractivity contribution in [1.82, 2.24) is 4.90 Å². The van der Waals surface area contributed by atoms with Crippen LogP contribution in [0.4, 0.5) is 17.1 Å². The first-order chi connectivity index (χ1) is 9.42. The molecule has 0 aromatic heterocycles. The van der Waals surface area contributed by atoms with Gasteiger partial charge in [0.05, 0.1) is 4.92 Å². The molecule has 0 aliphatic carbocycles. The zero-order chi connectivity index (χ0) is 15.3. The van der Waals surface area contributed by atoms with Gasteiger partial charge in [0.15, 0.2) is 0 Å². The molecule has 0 aliphatic heterocycles. The van der Waals surface area contributed by atoms with E-state index in [1.165, 1.54) is 0 Å². The molecule has 1 aromatic carbocycles. The second-order valence-electron chi connectivity index (χ2n) is 5.08. The van der Waals surface area contributed by atoms with Gasteiger partial charge in [-0.25, -0.2) is 0 Å². The number of benzene rings is 1. The fraction of sp³-hybridized carbons (Fsp3) is 0.571. The van der Waals surface area contributed by atoms with E-state index in [0.29, 0.717) is 11.4 Å². The van der Waals surface area contributed by atoms with Gasteiger partial charge in [-0.15, -0.1) is 0 Å². The molecule has 0 heterocycles. The Kier molecular flexibility index (Phi) is 5.76. The monoisotopic (exact) mass is 280 g/mol. The molecule has 1 N–H and O–H groups in total. The Hall–Kier alpha value is -1.82. The van der Waals surface area contributed by atoms with Gasteiger partial charge < -0.3 is 15.1 Å². The summed E-state index contributed by atoms with van der Waals surface area (Å²) in [7, 11) is 5.71. The number of rotatable bonds is 7. The number of hydrogen-bond acceptors (Lipinski definition) is 5. The van der Waals surface area contributed by atoms with Crippen LogP contribution in [-0.2, 0) is 0 Å². The lowest BCUT2D eigenvalue weighted by molar-refractivity contribution is -0.383. The zero-order valence-corrected chi connectivity index (χ0v) is 12.9. The third-order valence-electron chi connectivity index (χ3n) is 3.28. The highest BCUT2D eigenvalue weighted by Gasteiger charge is 2.25. The van der Waals surface area contributed by atoms with Gasteiger partial charge >= 0.3 is 5.69 Å². The van der Waals surface area contributed by atoms with Crippen LogP contribution in [0.15, 0.2) is 18.2 Å². The molecule has 0 aliphatic rings. The topological polar surface area (TPSA) is 61.6 Å². The SMILES string of the molecule is CCN(c1cccc(NC)c1[N+](=O)[O-])C(C)CN(C)C. The van der Waals surface area contributed by atoms with Crippen molar-refractivity contribution in [3.8, 4) is 0 Å². The fourth-order valence-corrected chi connectivity index (χ4v) is 2.50. The molecule has 6 nitrogen and oxygen atoms in total. The Morgan fingerprint density at radius 1 is 1.40 bits per heavy atom. The molecule has 0 fully saturated rings. The van der Waals surface area contributed by atoms with E-state index in [1.807, 2.05) is 33.2 Å². The van der Waals surface area contributed by atoms with Crippen LogP contribution in [0.3, 0.4) is 0 Å². The molecule has 0 saturated heterocycles. The minimum Gasteiger partial charge on any atom is -0.382 e. The van der Waals surface area contributed by atoms with Crippen LogP contribution in [-0.4, -0.2) is 50.1 Å². The largest absolute Gasteiger partial charge is 0.382 e. The van der Waals surface area contributed by atoms with Gasteiger partial charge in [0.2, 0.25) is 0 Å². The van der Waals surface area contributed by atoms with Gasteiger partial charge in [0, 0.05) is 26.2 Å². The highest BCUT2D eigenvalue weighted by Crippen LogP contribution is 2.36. The van der Waals surface area contributed by atoms with Crippen LogP contribution in [0.25, 0.3) is 0 Å². The molecule has 6 heteroatoms. The summed E-state index contributed by atoms with van der Waals surface area (Å²) in [5.74, 6) is 0. The lowest BCUT2D eigenvalue weighted by Gasteiger charge is -2.32. The first-order valence-corrected chi connectivity index (χ1v) is 6.78. The van der Waals surface area contributed by atoms with E-state index in [2.05, 4.69) is 22.0 Å². The molecule has 1 unspecified atom stereocenters. The Bertz CT molecular complexity index is 462. The molecule has 1 aromatic rings. The van der Waals surface area contributed by atoms with Crippen LogP contribution in [0.5, 0.6) is 0 Å². The highest BCUT2D eigenvalue weighted by molar-refractivity contribution is 5.77. The number of nitro benzene ring substituents is 1. The first kappa shape index (κ1) is 16.2. The van der Waals surface area contributed by atoms with Crippen molar-refractivity contribution in [1.29, 1.82) is 0 Å². The van der Waals surface area contributed by atoms with E-state index in [1.54, 1.807) is 13.1 Å². The first-order valence-electron chi connectivity index (χ1n) is 6.78. The van der Waals surface area contributed by atoms with Crippen molar-refractivity contribution < 1.29 is 4.92 Å². The molecule has 0 bridgehead atoms. The maximum absolute atomic E-state index is 11.4. The summed E-state index contributed by atoms with van der Waals surface area (Å²) in [6.07, 6.45) is 0. The molecule has 112 valence electrons. The molecule has 1 rings (SSSR count). The molecule has 0 saturated carbocycles. The number of nitro groups is 1. The van der Waals surface area contributed by atoms with Crippen molar-refractivity contribution >= 4 is 17.1 Å². The summed E-state index contributed by atoms with van der Waals surface area (Å²) in [6.45, 7) is 5.67. The van der Waals surface area contributed by atoms with Crippen LogP contribution < -0.4 is 10.2 Å². The maximum atomic E-state index is 11.4. The van der Waals surface area contributed by atoms with E-state index >= 15 is 0 Å². The van der Waals surface area contributed by atoms with E-state index in [-0.39, 0.29) is 16.7 Å². The number of anilines is 2. The van der Waals surface area contributed by atoms with Crippen LogP contribution >= 0.6 is 0 Å². The number of para-hydroxylation sites is 1. The average Bonchev–Trinajstić information content (AvgIpc) is 2.37. The minimum atomic E-state index is -0.313. The van der Waals surface area contributed by atoms with Gasteiger partial charge in [-0.05, 0) is 40.1 Å². The fourth-order valence-electron chi connectivity index (χ4n) is 2.50. The summed E-state index contributed by atoms with van der Waals surface area (Å²) in [4.78, 5) is 15.2. The lowest BCUT2D eigenvalue weighted by atomic mass is 10.1. The van der Waals surface area contributed by atoms with Gasteiger partial charge in [-0.3, -0.25) is 10.1 Å². The summed E-state index contributed by atoms with van der Waals surface area (Å²) >= 11 is 0. The standard InChI is InChI=1S/C14H24N4O2/c1-6-17(11(2)10-16(4)5)13-9-7-8-12(15-3)14(13)18(19)20/h7-9,11,15H,6,10H2,1-5H3. The Morgan fingerprint density at radius 2 is 2.05 bits per heavy atom.